The number of imidazole rings is 1. The van der Waals surface area contributed by atoms with Crippen molar-refractivity contribution in [2.24, 2.45) is 5.92 Å². The fraction of sp³-hybridized carbons (Fsp3) is 0.632. The number of aromatic amines is 1. The van der Waals surface area contributed by atoms with E-state index in [1.54, 1.807) is 0 Å². The molecule has 2 heterocycles. The molecule has 1 unspecified atom stereocenters. The van der Waals surface area contributed by atoms with Gasteiger partial charge in [-0.05, 0) is 30.9 Å². The van der Waals surface area contributed by atoms with Crippen molar-refractivity contribution < 1.29 is 0 Å². The maximum Gasteiger partial charge on any atom is 0.204 e. The van der Waals surface area contributed by atoms with E-state index in [-0.39, 0.29) is 0 Å². The number of fused-ring (bicyclic) bond motifs is 1. The highest BCUT2D eigenvalue weighted by Crippen LogP contribution is 2.24. The maximum atomic E-state index is 4.85. The summed E-state index contributed by atoms with van der Waals surface area (Å²) in [6.45, 7) is 11.6. The molecule has 3 rings (SSSR count). The van der Waals surface area contributed by atoms with Crippen LogP contribution in [-0.4, -0.2) is 47.1 Å². The number of anilines is 1. The molecule has 23 heavy (non-hydrogen) atoms. The minimum atomic E-state index is 0.584. The van der Waals surface area contributed by atoms with Gasteiger partial charge < -0.3 is 14.8 Å². The Morgan fingerprint density at radius 3 is 2.91 bits per heavy atom. The molecule has 1 aromatic carbocycles. The number of para-hydroxylation sites is 2. The van der Waals surface area contributed by atoms with Gasteiger partial charge in [0.2, 0.25) is 5.95 Å². The Morgan fingerprint density at radius 1 is 1.35 bits per heavy atom. The molecule has 1 N–H and O–H groups in total. The second-order valence-corrected chi connectivity index (χ2v) is 7.22. The van der Waals surface area contributed by atoms with Crippen LogP contribution in [0.25, 0.3) is 11.0 Å². The van der Waals surface area contributed by atoms with Gasteiger partial charge in [0.15, 0.2) is 0 Å². The number of aromatic nitrogens is 2. The molecule has 0 spiro atoms. The van der Waals surface area contributed by atoms with Crippen LogP contribution in [0.3, 0.4) is 0 Å². The molecule has 126 valence electrons. The number of H-pyrrole nitrogens is 1. The summed E-state index contributed by atoms with van der Waals surface area (Å²) in [5, 5.41) is 0. The monoisotopic (exact) mass is 314 g/mol. The number of rotatable bonds is 7. The fourth-order valence-corrected chi connectivity index (χ4v) is 3.61. The first-order chi connectivity index (χ1) is 11.2. The van der Waals surface area contributed by atoms with E-state index in [0.29, 0.717) is 6.04 Å². The van der Waals surface area contributed by atoms with Gasteiger partial charge in [-0.15, -0.1) is 0 Å². The van der Waals surface area contributed by atoms with Crippen molar-refractivity contribution in [1.82, 2.24) is 14.9 Å². The van der Waals surface area contributed by atoms with Crippen LogP contribution in [0.2, 0.25) is 0 Å². The van der Waals surface area contributed by atoms with Gasteiger partial charge >= 0.3 is 0 Å². The van der Waals surface area contributed by atoms with E-state index < -0.39 is 0 Å². The predicted molar refractivity (Wildman–Crippen MR) is 98.0 cm³/mol. The second kappa shape index (κ2) is 7.35. The van der Waals surface area contributed by atoms with Crippen LogP contribution < -0.4 is 4.90 Å². The molecule has 0 amide bonds. The van der Waals surface area contributed by atoms with Crippen LogP contribution in [0.1, 0.15) is 40.0 Å². The van der Waals surface area contributed by atoms with Gasteiger partial charge in [-0.25, -0.2) is 4.98 Å². The molecule has 1 aliphatic rings. The van der Waals surface area contributed by atoms with Gasteiger partial charge in [-0.2, -0.15) is 0 Å². The van der Waals surface area contributed by atoms with Crippen molar-refractivity contribution in [2.45, 2.75) is 46.1 Å². The lowest BCUT2D eigenvalue weighted by Gasteiger charge is -2.29. The zero-order valence-corrected chi connectivity index (χ0v) is 14.8. The second-order valence-electron chi connectivity index (χ2n) is 7.22. The molecule has 1 atom stereocenters. The summed E-state index contributed by atoms with van der Waals surface area (Å²) < 4.78 is 0. The standard InChI is InChI=1S/C19H30N4/c1-4-5-11-23(16-10-12-22(14-16)13-15(2)3)19-20-17-8-6-7-9-18(17)21-19/h6-9,15-16H,4-5,10-14H2,1-3H3,(H,20,21). The van der Waals surface area contributed by atoms with Crippen molar-refractivity contribution in [2.75, 3.05) is 31.1 Å². The summed E-state index contributed by atoms with van der Waals surface area (Å²) >= 11 is 0. The average Bonchev–Trinajstić information content (AvgIpc) is 3.14. The third-order valence-corrected chi connectivity index (χ3v) is 4.71. The Kier molecular flexibility index (Phi) is 5.21. The first-order valence-electron chi connectivity index (χ1n) is 9.11. The molecule has 4 heteroatoms. The van der Waals surface area contributed by atoms with Gasteiger partial charge in [0, 0.05) is 32.2 Å². The molecular formula is C19H30N4. The number of unbranched alkanes of at least 4 members (excludes halogenated alkanes) is 1. The van der Waals surface area contributed by atoms with Gasteiger partial charge in [-0.1, -0.05) is 39.3 Å². The Labute approximate surface area is 139 Å². The molecular weight excluding hydrogens is 284 g/mol. The number of nitrogens with one attached hydrogen (secondary N) is 1. The number of likely N-dealkylation sites (tertiary alicyclic amines) is 1. The summed E-state index contributed by atoms with van der Waals surface area (Å²) in [5.41, 5.74) is 2.21. The van der Waals surface area contributed by atoms with Gasteiger partial charge in [0.25, 0.3) is 0 Å². The zero-order chi connectivity index (χ0) is 16.2. The van der Waals surface area contributed by atoms with Crippen LogP contribution in [-0.2, 0) is 0 Å². The van der Waals surface area contributed by atoms with E-state index in [4.69, 9.17) is 4.98 Å². The van der Waals surface area contributed by atoms with E-state index in [1.165, 1.54) is 38.9 Å². The molecule has 1 aliphatic heterocycles. The zero-order valence-electron chi connectivity index (χ0n) is 14.8. The lowest BCUT2D eigenvalue weighted by molar-refractivity contribution is 0.293. The molecule has 0 radical (unpaired) electrons. The summed E-state index contributed by atoms with van der Waals surface area (Å²) in [4.78, 5) is 13.5. The summed E-state index contributed by atoms with van der Waals surface area (Å²) in [5.74, 6) is 1.79. The van der Waals surface area contributed by atoms with E-state index in [0.717, 1.165) is 29.4 Å². The van der Waals surface area contributed by atoms with E-state index in [9.17, 15) is 0 Å². The van der Waals surface area contributed by atoms with E-state index >= 15 is 0 Å². The number of hydrogen-bond acceptors (Lipinski definition) is 3. The summed E-state index contributed by atoms with van der Waals surface area (Å²) in [7, 11) is 0. The number of nitrogens with zero attached hydrogens (tertiary/aromatic N) is 3. The van der Waals surface area contributed by atoms with Gasteiger partial charge in [0.1, 0.15) is 0 Å². The van der Waals surface area contributed by atoms with Crippen LogP contribution in [0.4, 0.5) is 5.95 Å². The fourth-order valence-electron chi connectivity index (χ4n) is 3.61. The topological polar surface area (TPSA) is 35.2 Å². The SMILES string of the molecule is CCCCN(c1nc2ccccc2[nH]1)C1CCN(CC(C)C)C1. The average molecular weight is 314 g/mol. The maximum absolute atomic E-state index is 4.85. The minimum Gasteiger partial charge on any atom is -0.338 e. The third kappa shape index (κ3) is 3.86. The highest BCUT2D eigenvalue weighted by molar-refractivity contribution is 5.77. The molecule has 1 fully saturated rings. The molecule has 2 aromatic rings. The highest BCUT2D eigenvalue weighted by atomic mass is 15.3. The lowest BCUT2D eigenvalue weighted by atomic mass is 10.2. The van der Waals surface area contributed by atoms with Crippen molar-refractivity contribution in [1.29, 1.82) is 0 Å². The minimum absolute atomic E-state index is 0.584. The Bertz CT molecular complexity index is 586. The van der Waals surface area contributed by atoms with Crippen molar-refractivity contribution >= 4 is 17.0 Å². The first-order valence-corrected chi connectivity index (χ1v) is 9.11. The Hall–Kier alpha value is -1.55. The number of hydrogen-bond donors (Lipinski definition) is 1. The van der Waals surface area contributed by atoms with Crippen LogP contribution >= 0.6 is 0 Å². The first kappa shape index (κ1) is 16.3. The molecule has 1 aromatic heterocycles. The van der Waals surface area contributed by atoms with Gasteiger partial charge in [-0.3, -0.25) is 0 Å². The molecule has 0 saturated carbocycles. The van der Waals surface area contributed by atoms with E-state index in [1.807, 2.05) is 0 Å². The van der Waals surface area contributed by atoms with Crippen molar-refractivity contribution in [3.8, 4) is 0 Å². The summed E-state index contributed by atoms with van der Waals surface area (Å²) in [6.07, 6.45) is 3.68. The molecule has 0 aliphatic carbocycles. The largest absolute Gasteiger partial charge is 0.338 e. The Balaban J connectivity index is 1.77. The van der Waals surface area contributed by atoms with Crippen LogP contribution in [0.5, 0.6) is 0 Å². The lowest BCUT2D eigenvalue weighted by Crippen LogP contribution is -2.39. The summed E-state index contributed by atoms with van der Waals surface area (Å²) in [6, 6.07) is 8.92. The van der Waals surface area contributed by atoms with Crippen molar-refractivity contribution in [3.63, 3.8) is 0 Å². The van der Waals surface area contributed by atoms with Crippen LogP contribution in [0.15, 0.2) is 24.3 Å². The van der Waals surface area contributed by atoms with Crippen molar-refractivity contribution in [3.05, 3.63) is 24.3 Å². The molecule has 1 saturated heterocycles. The smallest absolute Gasteiger partial charge is 0.204 e. The van der Waals surface area contributed by atoms with E-state index in [2.05, 4.69) is 59.8 Å². The van der Waals surface area contributed by atoms with Crippen LogP contribution in [0, 0.1) is 5.92 Å². The third-order valence-electron chi connectivity index (χ3n) is 4.71. The Morgan fingerprint density at radius 2 is 2.17 bits per heavy atom. The quantitative estimate of drug-likeness (QED) is 0.842. The molecule has 0 bridgehead atoms. The predicted octanol–water partition coefficient (Wildman–Crippen LogP) is 3.90. The van der Waals surface area contributed by atoms with Gasteiger partial charge in [0.05, 0.1) is 11.0 Å². The molecule has 4 nitrogen and oxygen atoms in total. The normalized spacial score (nSPS) is 19.0. The highest BCUT2D eigenvalue weighted by Gasteiger charge is 2.29. The number of benzene rings is 1.